The maximum absolute atomic E-state index is 13.8. The summed E-state index contributed by atoms with van der Waals surface area (Å²) in [4.78, 5) is 26.0. The van der Waals surface area contributed by atoms with Gasteiger partial charge in [-0.2, -0.15) is 23.3 Å². The predicted molar refractivity (Wildman–Crippen MR) is 149 cm³/mol. The summed E-state index contributed by atoms with van der Waals surface area (Å²) in [6.45, 7) is 3.70. The molecule has 6 rings (SSSR count). The van der Waals surface area contributed by atoms with Gasteiger partial charge in [-0.15, -0.1) is 0 Å². The van der Waals surface area contributed by atoms with E-state index >= 15 is 0 Å². The molecule has 3 N–H and O–H groups in total. The molecule has 0 bridgehead atoms. The summed E-state index contributed by atoms with van der Waals surface area (Å²) in [5.74, 6) is 0.125. The number of amides is 1. The fraction of sp³-hybridized carbons (Fsp3) is 0.310. The lowest BCUT2D eigenvalue weighted by Gasteiger charge is -2.34. The molecule has 1 saturated heterocycles. The summed E-state index contributed by atoms with van der Waals surface area (Å²) in [5.41, 5.74) is 0.0986. The normalized spacial score (nSPS) is 16.0. The van der Waals surface area contributed by atoms with Gasteiger partial charge >= 0.3 is 6.18 Å². The third-order valence-corrected chi connectivity index (χ3v) is 7.33. The second-order valence-corrected chi connectivity index (χ2v) is 10.4. The zero-order valence-corrected chi connectivity index (χ0v) is 22.5. The molecule has 4 aromatic rings. The Morgan fingerprint density at radius 2 is 1.76 bits per heavy atom. The molecule has 3 heterocycles. The summed E-state index contributed by atoms with van der Waals surface area (Å²) in [5, 5.41) is 13.1. The molecule has 2 aliphatic rings. The molecule has 42 heavy (non-hydrogen) atoms. The molecule has 2 aromatic heterocycles. The van der Waals surface area contributed by atoms with Crippen LogP contribution in [-0.4, -0.2) is 57.2 Å². The Kier molecular flexibility index (Phi) is 7.50. The smallest absolute Gasteiger partial charge is 0.338 e. The summed E-state index contributed by atoms with van der Waals surface area (Å²) in [7, 11) is 0. The number of benzene rings is 2. The summed E-state index contributed by atoms with van der Waals surface area (Å²) in [6, 6.07) is 13.4. The SMILES string of the molecule is O=C(Nc1ccc(CN2CCN(c3nccc(Nc4cc(C5CC5)[nH]n4)n3)CC2)cc1)c1cccc(F)c1C(F)(F)F. The van der Waals surface area contributed by atoms with Gasteiger partial charge in [-0.1, -0.05) is 18.2 Å². The van der Waals surface area contributed by atoms with Crippen LogP contribution in [-0.2, 0) is 12.7 Å². The van der Waals surface area contributed by atoms with Crippen LogP contribution in [0.2, 0.25) is 0 Å². The topological polar surface area (TPSA) is 102 Å². The van der Waals surface area contributed by atoms with Crippen LogP contribution in [0.5, 0.6) is 0 Å². The van der Waals surface area contributed by atoms with E-state index in [1.54, 1.807) is 30.5 Å². The first-order valence-corrected chi connectivity index (χ1v) is 13.6. The van der Waals surface area contributed by atoms with E-state index in [0.29, 0.717) is 36.0 Å². The zero-order chi connectivity index (χ0) is 29.3. The van der Waals surface area contributed by atoms with Crippen LogP contribution in [0, 0.1) is 5.82 Å². The fourth-order valence-electron chi connectivity index (χ4n) is 4.96. The Balaban J connectivity index is 1.01. The zero-order valence-electron chi connectivity index (χ0n) is 22.5. The van der Waals surface area contributed by atoms with Crippen LogP contribution in [0.25, 0.3) is 0 Å². The number of alkyl halides is 3. The molecule has 218 valence electrons. The molecule has 0 atom stereocenters. The number of halogens is 4. The van der Waals surface area contributed by atoms with Gasteiger partial charge in [0.25, 0.3) is 5.91 Å². The Bertz CT molecular complexity index is 1560. The van der Waals surface area contributed by atoms with Crippen LogP contribution in [0.15, 0.2) is 60.8 Å². The van der Waals surface area contributed by atoms with E-state index in [1.165, 1.54) is 12.8 Å². The summed E-state index contributed by atoms with van der Waals surface area (Å²) >= 11 is 0. The fourth-order valence-corrected chi connectivity index (χ4v) is 4.96. The maximum Gasteiger partial charge on any atom is 0.420 e. The summed E-state index contributed by atoms with van der Waals surface area (Å²) < 4.78 is 53.7. The highest BCUT2D eigenvalue weighted by atomic mass is 19.4. The third kappa shape index (κ3) is 6.35. The standard InChI is InChI=1S/C29H28F4N8O/c30-22-3-1-2-21(26(22)29(31,32)33)27(42)35-20-8-4-18(5-9-20)17-40-12-14-41(15-13-40)28-34-11-10-24(37-28)36-25-16-23(38-39-25)19-6-7-19/h1-5,8-11,16,19H,6-7,12-15,17H2,(H,35,42)(H2,34,36,37,38,39). The molecule has 2 aromatic carbocycles. The second-order valence-electron chi connectivity index (χ2n) is 10.4. The van der Waals surface area contributed by atoms with Crippen LogP contribution >= 0.6 is 0 Å². The van der Waals surface area contributed by atoms with E-state index in [9.17, 15) is 22.4 Å². The van der Waals surface area contributed by atoms with Crippen molar-refractivity contribution in [3.8, 4) is 0 Å². The van der Waals surface area contributed by atoms with Gasteiger partial charge < -0.3 is 15.5 Å². The van der Waals surface area contributed by atoms with E-state index in [0.717, 1.165) is 55.4 Å². The van der Waals surface area contributed by atoms with Crippen molar-refractivity contribution in [3.63, 3.8) is 0 Å². The van der Waals surface area contributed by atoms with Crippen molar-refractivity contribution < 1.29 is 22.4 Å². The van der Waals surface area contributed by atoms with Crippen molar-refractivity contribution in [1.29, 1.82) is 0 Å². The molecule has 1 aliphatic heterocycles. The first-order chi connectivity index (χ1) is 20.2. The number of hydrogen-bond acceptors (Lipinski definition) is 7. The monoisotopic (exact) mass is 580 g/mol. The van der Waals surface area contributed by atoms with Crippen molar-refractivity contribution in [3.05, 3.63) is 89.0 Å². The van der Waals surface area contributed by atoms with Gasteiger partial charge in [0, 0.05) is 62.3 Å². The predicted octanol–water partition coefficient (Wildman–Crippen LogP) is 5.55. The van der Waals surface area contributed by atoms with E-state index in [4.69, 9.17) is 0 Å². The highest BCUT2D eigenvalue weighted by Gasteiger charge is 2.38. The molecular weight excluding hydrogens is 552 g/mol. The average Bonchev–Trinajstić information content (AvgIpc) is 3.72. The molecule has 1 aliphatic carbocycles. The minimum Gasteiger partial charge on any atom is -0.338 e. The largest absolute Gasteiger partial charge is 0.420 e. The van der Waals surface area contributed by atoms with Crippen LogP contribution < -0.4 is 15.5 Å². The van der Waals surface area contributed by atoms with Gasteiger partial charge in [-0.25, -0.2) is 9.37 Å². The maximum atomic E-state index is 13.8. The Hall–Kier alpha value is -4.52. The highest BCUT2D eigenvalue weighted by Crippen LogP contribution is 2.39. The Morgan fingerprint density at radius 1 is 1.00 bits per heavy atom. The highest BCUT2D eigenvalue weighted by molar-refractivity contribution is 6.05. The van der Waals surface area contributed by atoms with Gasteiger partial charge in [0.2, 0.25) is 5.95 Å². The van der Waals surface area contributed by atoms with Crippen molar-refractivity contribution in [2.24, 2.45) is 0 Å². The molecule has 9 nitrogen and oxygen atoms in total. The van der Waals surface area contributed by atoms with Crippen molar-refractivity contribution >= 4 is 29.2 Å². The molecule has 1 amide bonds. The van der Waals surface area contributed by atoms with Crippen LogP contribution in [0.3, 0.4) is 0 Å². The lowest BCUT2D eigenvalue weighted by atomic mass is 10.1. The minimum absolute atomic E-state index is 0.315. The lowest BCUT2D eigenvalue weighted by molar-refractivity contribution is -0.140. The van der Waals surface area contributed by atoms with Gasteiger partial charge in [0.1, 0.15) is 17.2 Å². The van der Waals surface area contributed by atoms with Crippen molar-refractivity contribution in [2.45, 2.75) is 31.5 Å². The minimum atomic E-state index is -4.99. The summed E-state index contributed by atoms with van der Waals surface area (Å²) in [6.07, 6.45) is -0.870. The number of anilines is 4. The van der Waals surface area contributed by atoms with E-state index in [2.05, 4.69) is 40.6 Å². The molecule has 0 unspecified atom stereocenters. The number of rotatable bonds is 8. The Labute approximate surface area is 239 Å². The van der Waals surface area contributed by atoms with E-state index in [1.807, 2.05) is 12.1 Å². The van der Waals surface area contributed by atoms with E-state index in [-0.39, 0.29) is 0 Å². The van der Waals surface area contributed by atoms with Gasteiger partial charge in [-0.3, -0.25) is 14.8 Å². The van der Waals surface area contributed by atoms with E-state index < -0.39 is 29.0 Å². The number of carbonyl (C=O) groups is 1. The number of nitrogens with one attached hydrogen (secondary N) is 3. The van der Waals surface area contributed by atoms with Gasteiger partial charge in [-0.05, 0) is 48.7 Å². The number of aromatic amines is 1. The quantitative estimate of drug-likeness (QED) is 0.235. The molecular formula is C29H28F4N8O. The molecule has 0 radical (unpaired) electrons. The van der Waals surface area contributed by atoms with Crippen LogP contribution in [0.4, 0.5) is 40.8 Å². The number of aromatic nitrogens is 4. The molecule has 2 fully saturated rings. The van der Waals surface area contributed by atoms with Crippen LogP contribution in [0.1, 0.15) is 45.9 Å². The number of carbonyl (C=O) groups excluding carboxylic acids is 1. The first kappa shape index (κ1) is 27.6. The number of H-pyrrole nitrogens is 1. The molecule has 0 spiro atoms. The van der Waals surface area contributed by atoms with Gasteiger partial charge in [0.15, 0.2) is 5.82 Å². The lowest BCUT2D eigenvalue weighted by Crippen LogP contribution is -2.46. The number of hydrogen-bond donors (Lipinski definition) is 3. The first-order valence-electron chi connectivity index (χ1n) is 13.6. The number of nitrogens with zero attached hydrogens (tertiary/aromatic N) is 5. The van der Waals surface area contributed by atoms with Crippen molar-refractivity contribution in [1.82, 2.24) is 25.1 Å². The second kappa shape index (κ2) is 11.4. The third-order valence-electron chi connectivity index (χ3n) is 7.33. The molecule has 1 saturated carbocycles. The number of piperazine rings is 1. The molecule has 13 heteroatoms. The van der Waals surface area contributed by atoms with Crippen molar-refractivity contribution in [2.75, 3.05) is 41.7 Å². The van der Waals surface area contributed by atoms with Gasteiger partial charge in [0.05, 0.1) is 5.56 Å². The average molecular weight is 581 g/mol. The Morgan fingerprint density at radius 3 is 2.48 bits per heavy atom.